The molecule has 0 spiro atoms. The van der Waals surface area contributed by atoms with Crippen LogP contribution < -0.4 is 9.47 Å². The maximum Gasteiger partial charge on any atom is 0.348 e. The van der Waals surface area contributed by atoms with Gasteiger partial charge in [0.05, 0.1) is 6.61 Å². The third-order valence-electron chi connectivity index (χ3n) is 5.96. The van der Waals surface area contributed by atoms with Crippen LogP contribution in [0.5, 0.6) is 11.5 Å². The van der Waals surface area contributed by atoms with Gasteiger partial charge in [-0.25, -0.2) is 4.79 Å². The minimum Gasteiger partial charge on any atom is -0.494 e. The second-order valence-electron chi connectivity index (χ2n) is 8.51. The highest BCUT2D eigenvalue weighted by Gasteiger charge is 2.24. The predicted octanol–water partition coefficient (Wildman–Crippen LogP) is 8.92. The number of carbonyl (C=O) groups excluding carboxylic acids is 2. The summed E-state index contributed by atoms with van der Waals surface area (Å²) in [7, 11) is 0. The topological polar surface area (TPSA) is 65.7 Å². The summed E-state index contributed by atoms with van der Waals surface area (Å²) < 4.78 is 17.4. The first-order chi connectivity index (χ1) is 18.9. The van der Waals surface area contributed by atoms with E-state index in [2.05, 4.69) is 0 Å². The Balaban J connectivity index is 1.41. The second kappa shape index (κ2) is 11.6. The van der Waals surface area contributed by atoms with Crippen LogP contribution >= 0.6 is 23.2 Å². The molecular formula is C32H22Cl2O5. The van der Waals surface area contributed by atoms with E-state index in [1.54, 1.807) is 66.7 Å². The largest absolute Gasteiger partial charge is 0.494 e. The average molecular weight is 557 g/mol. The van der Waals surface area contributed by atoms with Gasteiger partial charge in [0.25, 0.3) is 0 Å². The fourth-order valence-electron chi connectivity index (χ4n) is 4.10. The van der Waals surface area contributed by atoms with Crippen LogP contribution in [-0.2, 0) is 0 Å². The Hall–Kier alpha value is -4.32. The fraction of sp³-hybridized carbons (Fsp3) is 0.0625. The van der Waals surface area contributed by atoms with Crippen LogP contribution in [0.2, 0.25) is 10.0 Å². The molecule has 0 fully saturated rings. The van der Waals surface area contributed by atoms with Crippen molar-refractivity contribution in [3.8, 4) is 22.8 Å². The predicted molar refractivity (Wildman–Crippen MR) is 154 cm³/mol. The van der Waals surface area contributed by atoms with E-state index in [0.29, 0.717) is 50.3 Å². The molecule has 0 unspecified atom stereocenters. The lowest BCUT2D eigenvalue weighted by Crippen LogP contribution is -2.09. The van der Waals surface area contributed by atoms with Gasteiger partial charge in [0.15, 0.2) is 5.78 Å². The van der Waals surface area contributed by atoms with Crippen LogP contribution in [0.1, 0.15) is 33.2 Å². The van der Waals surface area contributed by atoms with Crippen LogP contribution in [-0.4, -0.2) is 18.4 Å². The van der Waals surface area contributed by atoms with Gasteiger partial charge in [-0.1, -0.05) is 59.6 Å². The number of esters is 1. The van der Waals surface area contributed by atoms with Crippen molar-refractivity contribution >= 4 is 52.0 Å². The number of ether oxygens (including phenoxy) is 2. The number of furan rings is 1. The number of rotatable bonds is 8. The van der Waals surface area contributed by atoms with E-state index < -0.39 is 5.97 Å². The zero-order chi connectivity index (χ0) is 27.4. The third kappa shape index (κ3) is 5.75. The van der Waals surface area contributed by atoms with Gasteiger partial charge >= 0.3 is 5.97 Å². The van der Waals surface area contributed by atoms with Crippen molar-refractivity contribution in [1.29, 1.82) is 0 Å². The Bertz CT molecular complexity index is 1670. The number of hydrogen-bond donors (Lipinski definition) is 0. The first kappa shape index (κ1) is 26.3. The molecule has 194 valence electrons. The van der Waals surface area contributed by atoms with Gasteiger partial charge in [0.2, 0.25) is 0 Å². The molecule has 5 nitrogen and oxygen atoms in total. The molecule has 0 aliphatic heterocycles. The Labute approximate surface area is 235 Å². The molecule has 0 bridgehead atoms. The van der Waals surface area contributed by atoms with Crippen LogP contribution in [0.3, 0.4) is 0 Å². The highest BCUT2D eigenvalue weighted by Crippen LogP contribution is 2.36. The number of hydrogen-bond acceptors (Lipinski definition) is 5. The molecule has 0 radical (unpaired) electrons. The van der Waals surface area contributed by atoms with E-state index >= 15 is 0 Å². The van der Waals surface area contributed by atoms with Gasteiger partial charge in [-0.15, -0.1) is 0 Å². The summed E-state index contributed by atoms with van der Waals surface area (Å²) in [5.41, 5.74) is 2.54. The molecule has 5 rings (SSSR count). The minimum absolute atomic E-state index is 0.250. The van der Waals surface area contributed by atoms with Gasteiger partial charge in [-0.05, 0) is 73.7 Å². The quantitative estimate of drug-likeness (QED) is 0.0825. The molecular weight excluding hydrogens is 535 g/mol. The van der Waals surface area contributed by atoms with Gasteiger partial charge in [0.1, 0.15) is 28.4 Å². The number of ketones is 1. The first-order valence-electron chi connectivity index (χ1n) is 12.2. The average Bonchev–Trinajstić information content (AvgIpc) is 3.33. The Kier molecular flexibility index (Phi) is 7.82. The molecule has 0 saturated carbocycles. The molecule has 0 atom stereocenters. The minimum atomic E-state index is -0.589. The first-order valence-corrected chi connectivity index (χ1v) is 12.9. The van der Waals surface area contributed by atoms with Crippen molar-refractivity contribution in [2.75, 3.05) is 6.61 Å². The molecule has 5 aromatic rings. The number of benzene rings is 4. The van der Waals surface area contributed by atoms with E-state index in [-0.39, 0.29) is 17.1 Å². The molecule has 0 N–H and O–H groups in total. The monoisotopic (exact) mass is 556 g/mol. The van der Waals surface area contributed by atoms with E-state index in [9.17, 15) is 9.59 Å². The maximum atomic E-state index is 13.5. The summed E-state index contributed by atoms with van der Waals surface area (Å²) in [5, 5.41) is 1.48. The second-order valence-corrected chi connectivity index (χ2v) is 9.32. The summed E-state index contributed by atoms with van der Waals surface area (Å²) in [6.45, 7) is 2.38. The standard InChI is InChI=1S/C32H22Cl2O5/c1-2-37-23-15-18-29-25(19-23)30(31(39-29)21-7-4-3-5-8-21)32(36)38-22-13-11-20(12-14-22)28(35)17-16-24-26(33)9-6-10-27(24)34/h3-19H,2H2,1H3. The number of allylic oxidation sites excluding steroid dienone is 1. The van der Waals surface area contributed by atoms with Crippen molar-refractivity contribution in [2.24, 2.45) is 0 Å². The molecule has 0 aliphatic rings. The van der Waals surface area contributed by atoms with E-state index in [1.807, 2.05) is 37.3 Å². The van der Waals surface area contributed by atoms with Crippen molar-refractivity contribution in [3.05, 3.63) is 124 Å². The van der Waals surface area contributed by atoms with Crippen molar-refractivity contribution < 1.29 is 23.5 Å². The van der Waals surface area contributed by atoms with Crippen LogP contribution in [0.4, 0.5) is 0 Å². The summed E-state index contributed by atoms with van der Waals surface area (Å²) in [6, 6.07) is 26.1. The lowest BCUT2D eigenvalue weighted by Gasteiger charge is -2.07. The molecule has 4 aromatic carbocycles. The Morgan fingerprint density at radius 3 is 2.23 bits per heavy atom. The zero-order valence-corrected chi connectivity index (χ0v) is 22.3. The van der Waals surface area contributed by atoms with Crippen molar-refractivity contribution in [3.63, 3.8) is 0 Å². The lowest BCUT2D eigenvalue weighted by molar-refractivity contribution is 0.0737. The van der Waals surface area contributed by atoms with E-state index in [4.69, 9.17) is 37.1 Å². The van der Waals surface area contributed by atoms with Gasteiger partial charge in [0, 0.05) is 32.1 Å². The van der Waals surface area contributed by atoms with E-state index in [0.717, 1.165) is 5.56 Å². The summed E-state index contributed by atoms with van der Waals surface area (Å²) in [5.74, 6) is 0.463. The Morgan fingerprint density at radius 2 is 1.54 bits per heavy atom. The Morgan fingerprint density at radius 1 is 0.846 bits per heavy atom. The molecule has 1 heterocycles. The molecule has 0 aliphatic carbocycles. The van der Waals surface area contributed by atoms with Gasteiger partial charge in [-0.3, -0.25) is 4.79 Å². The summed E-state index contributed by atoms with van der Waals surface area (Å²) >= 11 is 12.3. The zero-order valence-electron chi connectivity index (χ0n) is 20.8. The SMILES string of the molecule is CCOc1ccc2oc(-c3ccccc3)c(C(=O)Oc3ccc(C(=O)C=Cc4c(Cl)cccc4Cl)cc3)c2c1. The highest BCUT2D eigenvalue weighted by atomic mass is 35.5. The fourth-order valence-corrected chi connectivity index (χ4v) is 4.62. The van der Waals surface area contributed by atoms with Gasteiger partial charge in [-0.2, -0.15) is 0 Å². The van der Waals surface area contributed by atoms with E-state index in [1.165, 1.54) is 6.08 Å². The number of carbonyl (C=O) groups is 2. The van der Waals surface area contributed by atoms with Crippen molar-refractivity contribution in [1.82, 2.24) is 0 Å². The summed E-state index contributed by atoms with van der Waals surface area (Å²) in [4.78, 5) is 26.2. The van der Waals surface area contributed by atoms with Crippen molar-refractivity contribution in [2.45, 2.75) is 6.92 Å². The molecule has 39 heavy (non-hydrogen) atoms. The van der Waals surface area contributed by atoms with Gasteiger partial charge < -0.3 is 13.9 Å². The lowest BCUT2D eigenvalue weighted by atomic mass is 10.1. The highest BCUT2D eigenvalue weighted by molar-refractivity contribution is 6.37. The maximum absolute atomic E-state index is 13.5. The smallest absolute Gasteiger partial charge is 0.348 e. The third-order valence-corrected chi connectivity index (χ3v) is 6.62. The normalized spacial score (nSPS) is 11.2. The van der Waals surface area contributed by atoms with Crippen LogP contribution in [0, 0.1) is 0 Å². The molecule has 0 saturated heterocycles. The number of halogens is 2. The molecule has 1 aromatic heterocycles. The van der Waals surface area contributed by atoms with Crippen LogP contribution in [0.15, 0.2) is 101 Å². The number of fused-ring (bicyclic) bond motifs is 1. The summed E-state index contributed by atoms with van der Waals surface area (Å²) in [6.07, 6.45) is 2.97. The van der Waals surface area contributed by atoms with Crippen LogP contribution in [0.25, 0.3) is 28.4 Å². The molecule has 7 heteroatoms. The molecule has 0 amide bonds.